The summed E-state index contributed by atoms with van der Waals surface area (Å²) in [6, 6.07) is 9.37. The third kappa shape index (κ3) is 1.33. The Labute approximate surface area is 104 Å². The predicted octanol–water partition coefficient (Wildman–Crippen LogP) is 2.59. The lowest BCUT2D eigenvalue weighted by atomic mass is 10.0. The quantitative estimate of drug-likeness (QED) is 0.570. The first-order valence-electron chi connectivity index (χ1n) is 5.72. The second-order valence-corrected chi connectivity index (χ2v) is 4.60. The molecule has 3 rings (SSSR count). The molecule has 0 amide bonds. The van der Waals surface area contributed by atoms with Gasteiger partial charge < -0.3 is 9.80 Å². The third-order valence-corrected chi connectivity index (χ3v) is 3.39. The summed E-state index contributed by atoms with van der Waals surface area (Å²) in [6.45, 7) is 0.650. The van der Waals surface area contributed by atoms with Crippen LogP contribution >= 0.6 is 0 Å². The van der Waals surface area contributed by atoms with Crippen LogP contribution in [0.15, 0.2) is 30.3 Å². The van der Waals surface area contributed by atoms with Gasteiger partial charge in [0.15, 0.2) is 0 Å². The molecule has 0 N–H and O–H groups in total. The predicted molar refractivity (Wildman–Crippen MR) is 72.3 cm³/mol. The average molecular weight is 243 g/mol. The number of rotatable bonds is 1. The summed E-state index contributed by atoms with van der Waals surface area (Å²) in [5.41, 5.74) is 1.93. The van der Waals surface area contributed by atoms with Crippen LogP contribution in [0.3, 0.4) is 0 Å². The van der Waals surface area contributed by atoms with Crippen LogP contribution < -0.4 is 9.80 Å². The SMILES string of the molecule is CN1CN(C)c2c([N+](=O)[O-])ccc3cccc1c23. The van der Waals surface area contributed by atoms with Gasteiger partial charge in [-0.15, -0.1) is 0 Å². The minimum atomic E-state index is -0.312. The Kier molecular flexibility index (Phi) is 2.16. The molecule has 0 spiro atoms. The van der Waals surface area contributed by atoms with E-state index in [2.05, 4.69) is 4.90 Å². The molecule has 0 radical (unpaired) electrons. The minimum Gasteiger partial charge on any atom is -0.356 e. The van der Waals surface area contributed by atoms with E-state index in [1.165, 1.54) is 0 Å². The summed E-state index contributed by atoms with van der Waals surface area (Å²) in [6.07, 6.45) is 0. The summed E-state index contributed by atoms with van der Waals surface area (Å²) in [4.78, 5) is 14.9. The molecule has 92 valence electrons. The first-order valence-corrected chi connectivity index (χ1v) is 5.72. The van der Waals surface area contributed by atoms with Gasteiger partial charge in [-0.05, 0) is 17.5 Å². The summed E-state index contributed by atoms with van der Waals surface area (Å²) < 4.78 is 0. The van der Waals surface area contributed by atoms with E-state index in [1.807, 2.05) is 43.3 Å². The Balaban J connectivity index is 2.47. The molecule has 2 aromatic rings. The summed E-state index contributed by atoms with van der Waals surface area (Å²) in [7, 11) is 3.88. The highest BCUT2D eigenvalue weighted by molar-refractivity contribution is 6.08. The van der Waals surface area contributed by atoms with Crippen molar-refractivity contribution >= 4 is 27.8 Å². The highest BCUT2D eigenvalue weighted by atomic mass is 16.6. The van der Waals surface area contributed by atoms with Gasteiger partial charge in [0.2, 0.25) is 0 Å². The van der Waals surface area contributed by atoms with Crippen LogP contribution in [-0.2, 0) is 0 Å². The lowest BCUT2D eigenvalue weighted by molar-refractivity contribution is -0.384. The first-order chi connectivity index (χ1) is 8.59. The molecule has 0 saturated carbocycles. The second kappa shape index (κ2) is 3.60. The molecule has 2 aromatic carbocycles. The Morgan fingerprint density at radius 2 is 1.94 bits per heavy atom. The molecule has 1 heterocycles. The number of benzene rings is 2. The zero-order valence-corrected chi connectivity index (χ0v) is 10.3. The molecule has 0 aliphatic carbocycles. The minimum absolute atomic E-state index is 0.172. The van der Waals surface area contributed by atoms with E-state index < -0.39 is 0 Å². The number of nitrogens with zero attached hydrogens (tertiary/aromatic N) is 3. The average Bonchev–Trinajstić information content (AvgIpc) is 2.34. The van der Waals surface area contributed by atoms with E-state index in [4.69, 9.17) is 0 Å². The van der Waals surface area contributed by atoms with Crippen molar-refractivity contribution in [3.63, 3.8) is 0 Å². The van der Waals surface area contributed by atoms with Gasteiger partial charge >= 0.3 is 0 Å². The van der Waals surface area contributed by atoms with Gasteiger partial charge in [0.05, 0.1) is 11.6 Å². The molecule has 0 atom stereocenters. The fourth-order valence-corrected chi connectivity index (χ4v) is 2.65. The normalized spacial score (nSPS) is 14.1. The Hall–Kier alpha value is -2.30. The van der Waals surface area contributed by atoms with Crippen LogP contribution in [0.1, 0.15) is 0 Å². The van der Waals surface area contributed by atoms with Gasteiger partial charge in [0, 0.05) is 31.2 Å². The summed E-state index contributed by atoms with van der Waals surface area (Å²) >= 11 is 0. The summed E-state index contributed by atoms with van der Waals surface area (Å²) in [5.74, 6) is 0. The van der Waals surface area contributed by atoms with E-state index in [1.54, 1.807) is 6.07 Å². The van der Waals surface area contributed by atoms with E-state index in [0.717, 1.165) is 16.5 Å². The van der Waals surface area contributed by atoms with Crippen molar-refractivity contribution in [2.45, 2.75) is 0 Å². The fraction of sp³-hybridized carbons (Fsp3) is 0.231. The van der Waals surface area contributed by atoms with Gasteiger partial charge in [-0.1, -0.05) is 12.1 Å². The Morgan fingerprint density at radius 1 is 1.17 bits per heavy atom. The van der Waals surface area contributed by atoms with E-state index in [0.29, 0.717) is 12.4 Å². The molecule has 0 saturated heterocycles. The molecule has 0 fully saturated rings. The monoisotopic (exact) mass is 243 g/mol. The molecule has 5 heteroatoms. The van der Waals surface area contributed by atoms with E-state index in [-0.39, 0.29) is 10.6 Å². The molecule has 1 aliphatic heterocycles. The zero-order valence-electron chi connectivity index (χ0n) is 10.3. The highest BCUT2D eigenvalue weighted by Gasteiger charge is 2.27. The molecule has 0 unspecified atom stereocenters. The third-order valence-electron chi connectivity index (χ3n) is 3.39. The number of nitro groups is 1. The van der Waals surface area contributed by atoms with Crippen molar-refractivity contribution in [1.82, 2.24) is 0 Å². The van der Waals surface area contributed by atoms with Crippen molar-refractivity contribution in [3.8, 4) is 0 Å². The number of nitro benzene ring substituents is 1. The lowest BCUT2D eigenvalue weighted by Gasteiger charge is -2.34. The molecular formula is C13H13N3O2. The van der Waals surface area contributed by atoms with Gasteiger partial charge in [-0.25, -0.2) is 0 Å². The van der Waals surface area contributed by atoms with Crippen molar-refractivity contribution in [3.05, 3.63) is 40.4 Å². The van der Waals surface area contributed by atoms with Crippen LogP contribution in [-0.4, -0.2) is 25.7 Å². The van der Waals surface area contributed by atoms with Crippen molar-refractivity contribution < 1.29 is 4.92 Å². The molecule has 0 bridgehead atoms. The topological polar surface area (TPSA) is 49.6 Å². The van der Waals surface area contributed by atoms with Crippen molar-refractivity contribution in [1.29, 1.82) is 0 Å². The number of hydrogen-bond donors (Lipinski definition) is 0. The zero-order chi connectivity index (χ0) is 12.9. The maximum absolute atomic E-state index is 11.2. The smallest absolute Gasteiger partial charge is 0.293 e. The van der Waals surface area contributed by atoms with E-state index in [9.17, 15) is 10.1 Å². The van der Waals surface area contributed by atoms with Crippen LogP contribution in [0.5, 0.6) is 0 Å². The standard InChI is InChI=1S/C13H13N3O2/c1-14-8-15(2)13-11(16(17)18)7-6-9-4-3-5-10(14)12(9)13/h3-7H,8H2,1-2H3. The van der Waals surface area contributed by atoms with Crippen molar-refractivity contribution in [2.24, 2.45) is 0 Å². The Bertz CT molecular complexity index is 654. The van der Waals surface area contributed by atoms with Crippen LogP contribution in [0.4, 0.5) is 17.1 Å². The van der Waals surface area contributed by atoms with Gasteiger partial charge in [-0.2, -0.15) is 0 Å². The maximum Gasteiger partial charge on any atom is 0.293 e. The lowest BCUT2D eigenvalue weighted by Crippen LogP contribution is -2.36. The Morgan fingerprint density at radius 3 is 2.67 bits per heavy atom. The maximum atomic E-state index is 11.2. The van der Waals surface area contributed by atoms with E-state index >= 15 is 0 Å². The van der Waals surface area contributed by atoms with Gasteiger partial charge in [-0.3, -0.25) is 10.1 Å². The molecular weight excluding hydrogens is 230 g/mol. The molecule has 18 heavy (non-hydrogen) atoms. The first kappa shape index (κ1) is 10.8. The molecule has 1 aliphatic rings. The van der Waals surface area contributed by atoms with Crippen molar-refractivity contribution in [2.75, 3.05) is 30.6 Å². The summed E-state index contributed by atoms with van der Waals surface area (Å²) in [5, 5.41) is 13.1. The number of anilines is 2. The second-order valence-electron chi connectivity index (χ2n) is 4.60. The molecule has 0 aromatic heterocycles. The van der Waals surface area contributed by atoms with Gasteiger partial charge in [0.25, 0.3) is 5.69 Å². The largest absolute Gasteiger partial charge is 0.356 e. The van der Waals surface area contributed by atoms with Crippen LogP contribution in [0.25, 0.3) is 10.8 Å². The number of hydrogen-bond acceptors (Lipinski definition) is 4. The van der Waals surface area contributed by atoms with Crippen LogP contribution in [0, 0.1) is 10.1 Å². The fourth-order valence-electron chi connectivity index (χ4n) is 2.65. The highest BCUT2D eigenvalue weighted by Crippen LogP contribution is 2.43. The van der Waals surface area contributed by atoms with Gasteiger partial charge in [0.1, 0.15) is 5.69 Å². The molecule has 5 nitrogen and oxygen atoms in total. The van der Waals surface area contributed by atoms with Crippen LogP contribution in [0.2, 0.25) is 0 Å².